The summed E-state index contributed by atoms with van der Waals surface area (Å²) in [5.74, 6) is -0.681. The number of carbonyl (C=O) groups excluding carboxylic acids is 1. The van der Waals surface area contributed by atoms with Crippen LogP contribution in [-0.4, -0.2) is 75.0 Å². The first kappa shape index (κ1) is 31.7. The van der Waals surface area contributed by atoms with E-state index in [1.54, 1.807) is 0 Å². The quantitative estimate of drug-likeness (QED) is 0.218. The normalized spacial score (nSPS) is 20.3. The Morgan fingerprint density at radius 3 is 2.12 bits per heavy atom. The summed E-state index contributed by atoms with van der Waals surface area (Å²) in [5, 5.41) is 8.52. The molecule has 1 spiro atoms. The number of hydrogen-bond donors (Lipinski definition) is 1. The Morgan fingerprint density at radius 1 is 0.905 bits per heavy atom. The van der Waals surface area contributed by atoms with E-state index in [4.69, 9.17) is 33.5 Å². The molecular weight excluding hydrogens is 540 g/mol. The van der Waals surface area contributed by atoms with Gasteiger partial charge in [-0.3, -0.25) is 0 Å². The molecule has 228 valence electrons. The summed E-state index contributed by atoms with van der Waals surface area (Å²) in [7, 11) is 0. The molecule has 0 saturated heterocycles. The summed E-state index contributed by atoms with van der Waals surface area (Å²) in [6.07, 6.45) is 2.77. The highest BCUT2D eigenvalue weighted by Gasteiger charge is 2.52. The molecular formula is C33H42O9. The Labute approximate surface area is 247 Å². The van der Waals surface area contributed by atoms with Crippen LogP contribution >= 0.6 is 0 Å². The number of ether oxygens (including phenoxy) is 6. The van der Waals surface area contributed by atoms with Gasteiger partial charge < -0.3 is 33.5 Å². The molecule has 2 aromatic carbocycles. The highest BCUT2D eigenvalue weighted by Crippen LogP contribution is 2.48. The average Bonchev–Trinajstić information content (AvgIpc) is 3.21. The predicted octanol–water partition coefficient (Wildman–Crippen LogP) is 4.93. The zero-order valence-electron chi connectivity index (χ0n) is 24.8. The Hall–Kier alpha value is -3.24. The number of hydrogen-bond acceptors (Lipinski definition) is 8. The molecule has 9 heteroatoms. The van der Waals surface area contributed by atoms with E-state index in [0.717, 1.165) is 40.7 Å². The number of aryl methyl sites for hydroxylation is 3. The first-order valence-electron chi connectivity index (χ1n) is 14.6. The van der Waals surface area contributed by atoms with Crippen LogP contribution in [0.2, 0.25) is 0 Å². The third kappa shape index (κ3) is 8.41. The molecule has 42 heavy (non-hydrogen) atoms. The summed E-state index contributed by atoms with van der Waals surface area (Å²) < 4.78 is 34.6. The fraction of sp³-hybridized carbons (Fsp3) is 0.515. The third-order valence-corrected chi connectivity index (χ3v) is 7.58. The molecule has 0 bridgehead atoms. The van der Waals surface area contributed by atoms with Crippen molar-refractivity contribution in [2.24, 2.45) is 0 Å². The van der Waals surface area contributed by atoms with Gasteiger partial charge in [0.05, 0.1) is 45.7 Å². The Morgan fingerprint density at radius 2 is 1.50 bits per heavy atom. The van der Waals surface area contributed by atoms with E-state index >= 15 is 0 Å². The molecule has 1 aliphatic heterocycles. The van der Waals surface area contributed by atoms with Gasteiger partial charge in [-0.05, 0) is 68.7 Å². The predicted molar refractivity (Wildman–Crippen MR) is 156 cm³/mol. The van der Waals surface area contributed by atoms with Crippen LogP contribution in [0.3, 0.4) is 0 Å². The highest BCUT2D eigenvalue weighted by atomic mass is 16.6. The monoisotopic (exact) mass is 582 g/mol. The SMILES string of the molecule is Cc1cc(C)c(C2=C(OCc3ccccc3)C3(CCC(OCCOCCOCCOCC(=O)O)CC3)OC2=O)c(C)c1. The van der Waals surface area contributed by atoms with Gasteiger partial charge in [0.1, 0.15) is 18.8 Å². The van der Waals surface area contributed by atoms with Crippen molar-refractivity contribution >= 4 is 17.5 Å². The Balaban J connectivity index is 1.32. The fourth-order valence-corrected chi connectivity index (χ4v) is 5.75. The minimum Gasteiger partial charge on any atom is -0.488 e. The Bertz CT molecular complexity index is 1210. The summed E-state index contributed by atoms with van der Waals surface area (Å²) in [6, 6.07) is 14.2. The molecule has 1 saturated carbocycles. The molecule has 2 aliphatic rings. The van der Waals surface area contributed by atoms with Gasteiger partial charge in [-0.2, -0.15) is 0 Å². The second kappa shape index (κ2) is 15.3. The van der Waals surface area contributed by atoms with Crippen LogP contribution in [0.15, 0.2) is 48.2 Å². The van der Waals surface area contributed by atoms with E-state index < -0.39 is 11.6 Å². The van der Waals surface area contributed by atoms with Gasteiger partial charge in [0.25, 0.3) is 0 Å². The molecule has 0 unspecified atom stereocenters. The Kier molecular flexibility index (Phi) is 11.5. The molecule has 2 aromatic rings. The van der Waals surface area contributed by atoms with Crippen molar-refractivity contribution in [1.82, 2.24) is 0 Å². The van der Waals surface area contributed by atoms with Crippen LogP contribution in [0.1, 0.15) is 53.5 Å². The second-order valence-corrected chi connectivity index (χ2v) is 10.9. The summed E-state index contributed by atoms with van der Waals surface area (Å²) in [5.41, 5.74) is 4.90. The molecule has 1 N–H and O–H groups in total. The molecule has 1 fully saturated rings. The molecule has 0 radical (unpaired) electrons. The lowest BCUT2D eigenvalue weighted by molar-refractivity contribution is -0.154. The molecule has 4 rings (SSSR count). The average molecular weight is 583 g/mol. The summed E-state index contributed by atoms with van der Waals surface area (Å²) in [6.45, 7) is 8.42. The maximum absolute atomic E-state index is 13.5. The number of carboxylic acids is 1. The van der Waals surface area contributed by atoms with Gasteiger partial charge >= 0.3 is 11.9 Å². The lowest BCUT2D eigenvalue weighted by Crippen LogP contribution is -2.40. The van der Waals surface area contributed by atoms with Crippen LogP contribution < -0.4 is 0 Å². The van der Waals surface area contributed by atoms with E-state index in [2.05, 4.69) is 19.1 Å². The molecule has 1 aliphatic carbocycles. The smallest absolute Gasteiger partial charge is 0.343 e. The zero-order valence-corrected chi connectivity index (χ0v) is 24.8. The maximum atomic E-state index is 13.5. The first-order chi connectivity index (χ1) is 20.3. The summed E-state index contributed by atoms with van der Waals surface area (Å²) in [4.78, 5) is 23.9. The van der Waals surface area contributed by atoms with Crippen LogP contribution in [0, 0.1) is 20.8 Å². The van der Waals surface area contributed by atoms with Crippen molar-refractivity contribution in [1.29, 1.82) is 0 Å². The van der Waals surface area contributed by atoms with Crippen molar-refractivity contribution in [2.75, 3.05) is 46.2 Å². The fourth-order valence-electron chi connectivity index (χ4n) is 5.75. The number of carboxylic acid groups (broad SMARTS) is 1. The van der Waals surface area contributed by atoms with Gasteiger partial charge in [0.15, 0.2) is 11.4 Å². The second-order valence-electron chi connectivity index (χ2n) is 10.9. The van der Waals surface area contributed by atoms with Gasteiger partial charge in [-0.1, -0.05) is 48.0 Å². The van der Waals surface area contributed by atoms with Crippen molar-refractivity contribution in [3.05, 3.63) is 76.0 Å². The largest absolute Gasteiger partial charge is 0.488 e. The minimum absolute atomic E-state index is 0.0443. The van der Waals surface area contributed by atoms with Crippen molar-refractivity contribution in [3.8, 4) is 0 Å². The molecule has 0 amide bonds. The number of rotatable bonds is 16. The first-order valence-corrected chi connectivity index (χ1v) is 14.6. The lowest BCUT2D eigenvalue weighted by Gasteiger charge is -2.37. The molecule has 1 heterocycles. The van der Waals surface area contributed by atoms with Crippen molar-refractivity contribution in [3.63, 3.8) is 0 Å². The van der Waals surface area contributed by atoms with Gasteiger partial charge in [0.2, 0.25) is 0 Å². The highest BCUT2D eigenvalue weighted by molar-refractivity contribution is 6.20. The van der Waals surface area contributed by atoms with Crippen LogP contribution in [0.25, 0.3) is 5.57 Å². The minimum atomic E-state index is -0.999. The van der Waals surface area contributed by atoms with Gasteiger partial charge in [-0.15, -0.1) is 0 Å². The number of esters is 1. The van der Waals surface area contributed by atoms with Crippen LogP contribution in [-0.2, 0) is 44.6 Å². The van der Waals surface area contributed by atoms with Crippen molar-refractivity contribution < 1.29 is 43.1 Å². The van der Waals surface area contributed by atoms with E-state index in [-0.39, 0.29) is 25.3 Å². The van der Waals surface area contributed by atoms with Crippen molar-refractivity contribution in [2.45, 2.75) is 64.8 Å². The maximum Gasteiger partial charge on any atom is 0.343 e. The zero-order chi connectivity index (χ0) is 30.0. The summed E-state index contributed by atoms with van der Waals surface area (Å²) >= 11 is 0. The molecule has 0 aromatic heterocycles. The standard InChI is InChI=1S/C33H42O9/c1-23-19-24(2)29(25(3)20-23)30-31(41-21-26-7-5-4-6-8-26)33(42-32(30)36)11-9-27(10-12-33)40-18-17-38-14-13-37-15-16-39-22-28(34)35/h4-8,19-20,27H,9-18,21-22H2,1-3H3,(H,34,35). The van der Waals surface area contributed by atoms with Crippen LogP contribution in [0.4, 0.5) is 0 Å². The van der Waals surface area contributed by atoms with E-state index in [1.807, 2.05) is 44.2 Å². The van der Waals surface area contributed by atoms with E-state index in [1.165, 1.54) is 0 Å². The van der Waals surface area contributed by atoms with E-state index in [9.17, 15) is 9.59 Å². The number of carbonyl (C=O) groups is 2. The van der Waals surface area contributed by atoms with Gasteiger partial charge in [-0.25, -0.2) is 9.59 Å². The number of benzene rings is 2. The molecule has 0 atom stereocenters. The number of aliphatic carboxylic acids is 1. The van der Waals surface area contributed by atoms with Gasteiger partial charge in [0, 0.05) is 0 Å². The van der Waals surface area contributed by atoms with E-state index in [0.29, 0.717) is 63.8 Å². The topological polar surface area (TPSA) is 110 Å². The van der Waals surface area contributed by atoms with Crippen LogP contribution in [0.5, 0.6) is 0 Å². The molecule has 9 nitrogen and oxygen atoms in total. The third-order valence-electron chi connectivity index (χ3n) is 7.58. The lowest BCUT2D eigenvalue weighted by atomic mass is 9.80.